The van der Waals surface area contributed by atoms with Crippen LogP contribution in [0, 0.1) is 24.6 Å². The summed E-state index contributed by atoms with van der Waals surface area (Å²) in [6.07, 6.45) is 1.48. The van der Waals surface area contributed by atoms with Crippen LogP contribution in [0.25, 0.3) is 0 Å². The van der Waals surface area contributed by atoms with Crippen LogP contribution < -0.4 is 15.4 Å². The lowest BCUT2D eigenvalue weighted by molar-refractivity contribution is -0.0464. The summed E-state index contributed by atoms with van der Waals surface area (Å²) in [4.78, 5) is 15.1. The number of methoxy groups -OCH3 is 1. The van der Waals surface area contributed by atoms with Crippen LogP contribution in [-0.4, -0.2) is 73.7 Å². The van der Waals surface area contributed by atoms with Crippen LogP contribution in [0.4, 0.5) is 9.18 Å². The Balaban J connectivity index is 2.49. The smallest absolute Gasteiger partial charge is 0.317 e. The average Bonchev–Trinajstić information content (AvgIpc) is 2.97. The van der Waals surface area contributed by atoms with Crippen LogP contribution in [0.3, 0.4) is 0 Å². The predicted molar refractivity (Wildman–Crippen MR) is 165 cm³/mol. The maximum Gasteiger partial charge on any atom is 0.317 e. The quantitative estimate of drug-likeness (QED) is 0.169. The number of hydrogen-bond acceptors (Lipinski definition) is 6. The zero-order chi connectivity index (χ0) is 31.3. The molecule has 2 aromatic rings. The van der Waals surface area contributed by atoms with Crippen molar-refractivity contribution in [2.24, 2.45) is 11.8 Å². The van der Waals surface area contributed by atoms with Gasteiger partial charge in [-0.1, -0.05) is 51.1 Å². The van der Waals surface area contributed by atoms with E-state index in [0.717, 1.165) is 12.0 Å². The van der Waals surface area contributed by atoms with E-state index in [-0.39, 0.29) is 24.2 Å². The largest absolute Gasteiger partial charge is 0.454 e. The lowest BCUT2D eigenvalue weighted by Gasteiger charge is -2.40. The first-order valence-corrected chi connectivity index (χ1v) is 15.2. The lowest BCUT2D eigenvalue weighted by Crippen LogP contribution is -2.55. The third-order valence-corrected chi connectivity index (χ3v) is 8.00. The Morgan fingerprint density at radius 2 is 1.83 bits per heavy atom. The van der Waals surface area contributed by atoms with Gasteiger partial charge in [-0.25, -0.2) is 9.18 Å². The number of benzene rings is 2. The van der Waals surface area contributed by atoms with E-state index >= 15 is 4.39 Å². The first kappa shape index (κ1) is 35.5. The highest BCUT2D eigenvalue weighted by Crippen LogP contribution is 2.44. The molecule has 0 bridgehead atoms. The summed E-state index contributed by atoms with van der Waals surface area (Å²) in [5, 5.41) is 29.3. The molecular formula is C33H52FN3O5. The van der Waals surface area contributed by atoms with Gasteiger partial charge in [0.25, 0.3) is 0 Å². The van der Waals surface area contributed by atoms with Crippen LogP contribution in [0.5, 0.6) is 11.5 Å². The molecular weight excluding hydrogens is 537 g/mol. The van der Waals surface area contributed by atoms with E-state index in [2.05, 4.69) is 10.6 Å². The number of aliphatic hydroxyl groups excluding tert-OH is 1. The van der Waals surface area contributed by atoms with Crippen molar-refractivity contribution in [2.45, 2.75) is 78.0 Å². The van der Waals surface area contributed by atoms with Crippen molar-refractivity contribution in [3.8, 4) is 11.5 Å². The highest BCUT2D eigenvalue weighted by molar-refractivity contribution is 5.74. The number of carbonyl (C=O) groups excluding carboxylic acids is 1. The van der Waals surface area contributed by atoms with Gasteiger partial charge in [-0.15, -0.1) is 0 Å². The molecule has 0 aliphatic rings. The molecule has 42 heavy (non-hydrogen) atoms. The molecule has 2 rings (SSSR count). The van der Waals surface area contributed by atoms with Gasteiger partial charge in [0, 0.05) is 44.8 Å². The van der Waals surface area contributed by atoms with E-state index in [1.165, 1.54) is 6.07 Å². The molecule has 2 aromatic carbocycles. The molecule has 4 N–H and O–H groups in total. The normalized spacial score (nSPS) is 15.1. The summed E-state index contributed by atoms with van der Waals surface area (Å²) in [7, 11) is 3.41. The number of nitrogens with zero attached hydrogens (tertiary/aromatic N) is 1. The van der Waals surface area contributed by atoms with Gasteiger partial charge >= 0.3 is 6.03 Å². The van der Waals surface area contributed by atoms with Gasteiger partial charge in [-0.3, -0.25) is 0 Å². The van der Waals surface area contributed by atoms with E-state index in [1.54, 1.807) is 37.3 Å². The third-order valence-electron chi connectivity index (χ3n) is 8.00. The zero-order valence-electron chi connectivity index (χ0n) is 26.5. The fourth-order valence-electron chi connectivity index (χ4n) is 5.37. The van der Waals surface area contributed by atoms with E-state index in [1.807, 2.05) is 52.8 Å². The van der Waals surface area contributed by atoms with E-state index in [4.69, 9.17) is 9.47 Å². The molecule has 236 valence electrons. The second-order valence-corrected chi connectivity index (χ2v) is 11.4. The van der Waals surface area contributed by atoms with Crippen LogP contribution in [-0.2, 0) is 10.3 Å². The molecule has 2 amide bonds. The first-order valence-electron chi connectivity index (χ1n) is 15.2. The first-order chi connectivity index (χ1) is 20.0. The fourth-order valence-corrected chi connectivity index (χ4v) is 5.37. The molecule has 0 saturated carbocycles. The lowest BCUT2D eigenvalue weighted by atomic mass is 9.75. The summed E-state index contributed by atoms with van der Waals surface area (Å²) in [6, 6.07) is 11.2. The summed E-state index contributed by atoms with van der Waals surface area (Å²) in [6.45, 7) is 11.1. The SMILES string of the molecule is CC[C@H](CN(CC)C(=O)N[C@H](CNC)[C@@H](O)C(C)C)[C@@](O)(CCCCOC)c1cccc(F)c1Oc1ccccc1C. The van der Waals surface area contributed by atoms with Crippen molar-refractivity contribution >= 4 is 6.03 Å². The van der Waals surface area contributed by atoms with Crippen molar-refractivity contribution in [3.63, 3.8) is 0 Å². The molecule has 0 radical (unpaired) electrons. The predicted octanol–water partition coefficient (Wildman–Crippen LogP) is 5.59. The Kier molecular flexibility index (Phi) is 14.7. The van der Waals surface area contributed by atoms with Crippen molar-refractivity contribution in [2.75, 3.05) is 40.4 Å². The number of urea groups is 1. The number of rotatable bonds is 18. The molecule has 0 heterocycles. The number of aryl methyl sites for hydroxylation is 1. The topological polar surface area (TPSA) is 103 Å². The monoisotopic (exact) mass is 589 g/mol. The Bertz CT molecular complexity index is 1100. The molecule has 8 nitrogen and oxygen atoms in total. The number of aliphatic hydroxyl groups is 2. The average molecular weight is 590 g/mol. The number of hydrogen-bond donors (Lipinski definition) is 4. The van der Waals surface area contributed by atoms with Crippen molar-refractivity contribution in [1.82, 2.24) is 15.5 Å². The third kappa shape index (κ3) is 9.39. The summed E-state index contributed by atoms with van der Waals surface area (Å²) in [5.74, 6) is -0.555. The van der Waals surface area contributed by atoms with Gasteiger partial charge < -0.3 is 35.2 Å². The molecule has 0 fully saturated rings. The summed E-state index contributed by atoms with van der Waals surface area (Å²) in [5.41, 5.74) is -0.302. The maximum absolute atomic E-state index is 15.5. The standard InChI is InChI=1S/C33H52FN3O5/c1-8-25(22-37(9-2)32(39)36-28(21-35-6)30(38)23(3)4)33(40,19-12-13-20-41-7)26-16-14-17-27(34)31(26)42-29-18-11-10-15-24(29)5/h10-11,14-18,23,25,28,30,35,38,40H,8-9,12-13,19-22H2,1-7H3,(H,36,39)/t25-,28-,30+,33+/m1/s1. The molecule has 0 aliphatic carbocycles. The van der Waals surface area contributed by atoms with Gasteiger partial charge in [-0.05, 0) is 70.2 Å². The number of carbonyl (C=O) groups is 1. The van der Waals surface area contributed by atoms with E-state index in [0.29, 0.717) is 50.3 Å². The molecule has 0 aromatic heterocycles. The molecule has 0 saturated heterocycles. The van der Waals surface area contributed by atoms with Crippen molar-refractivity contribution < 1.29 is 28.9 Å². The summed E-state index contributed by atoms with van der Waals surface area (Å²) < 4.78 is 26.9. The Morgan fingerprint density at radius 3 is 2.43 bits per heavy atom. The van der Waals surface area contributed by atoms with Crippen LogP contribution in [0.2, 0.25) is 0 Å². The van der Waals surface area contributed by atoms with Gasteiger partial charge in [0.2, 0.25) is 0 Å². The number of unbranched alkanes of at least 4 members (excludes halogenated alkanes) is 1. The molecule has 0 unspecified atom stereocenters. The van der Waals surface area contributed by atoms with Gasteiger partial charge in [0.15, 0.2) is 11.6 Å². The van der Waals surface area contributed by atoms with Crippen molar-refractivity contribution in [1.29, 1.82) is 0 Å². The number of ether oxygens (including phenoxy) is 2. The van der Waals surface area contributed by atoms with Gasteiger partial charge in [0.1, 0.15) is 5.75 Å². The molecule has 0 spiro atoms. The van der Waals surface area contributed by atoms with Crippen LogP contribution in [0.1, 0.15) is 64.5 Å². The molecule has 9 heteroatoms. The van der Waals surface area contributed by atoms with Crippen LogP contribution in [0.15, 0.2) is 42.5 Å². The van der Waals surface area contributed by atoms with Crippen LogP contribution >= 0.6 is 0 Å². The summed E-state index contributed by atoms with van der Waals surface area (Å²) >= 11 is 0. The van der Waals surface area contributed by atoms with E-state index < -0.39 is 29.5 Å². The molecule has 4 atom stereocenters. The number of nitrogens with one attached hydrogen (secondary N) is 2. The Labute approximate surface area is 251 Å². The number of amides is 2. The number of para-hydroxylation sites is 2. The fraction of sp³-hybridized carbons (Fsp3) is 0.606. The Morgan fingerprint density at radius 1 is 1.12 bits per heavy atom. The van der Waals surface area contributed by atoms with Gasteiger partial charge in [-0.2, -0.15) is 0 Å². The maximum atomic E-state index is 15.5. The number of halogens is 1. The minimum Gasteiger partial charge on any atom is -0.454 e. The highest BCUT2D eigenvalue weighted by Gasteiger charge is 2.41. The van der Waals surface area contributed by atoms with E-state index in [9.17, 15) is 15.0 Å². The second-order valence-electron chi connectivity index (χ2n) is 11.4. The van der Waals surface area contributed by atoms with Gasteiger partial charge in [0.05, 0.1) is 17.7 Å². The Hall–Kier alpha value is -2.72. The molecule has 0 aliphatic heterocycles. The second kappa shape index (κ2) is 17.4. The zero-order valence-corrected chi connectivity index (χ0v) is 26.5. The van der Waals surface area contributed by atoms with Crippen molar-refractivity contribution in [3.05, 3.63) is 59.4 Å². The minimum absolute atomic E-state index is 0.0128. The highest BCUT2D eigenvalue weighted by atomic mass is 19.1. The minimum atomic E-state index is -1.50. The number of likely N-dealkylation sites (N-methyl/N-ethyl adjacent to an activating group) is 1.